The first-order chi connectivity index (χ1) is 15.5. The number of nitrogens with one attached hydrogen (secondary N) is 2. The highest BCUT2D eigenvalue weighted by molar-refractivity contribution is 5.94. The highest BCUT2D eigenvalue weighted by Crippen LogP contribution is 2.18. The van der Waals surface area contributed by atoms with Crippen LogP contribution in [0.1, 0.15) is 36.3 Å². The van der Waals surface area contributed by atoms with E-state index in [1.54, 1.807) is 12.3 Å². The fraction of sp³-hybridized carbons (Fsp3) is 0.280. The molecule has 7 nitrogen and oxygen atoms in total. The molecule has 1 aromatic carbocycles. The molecule has 3 aromatic rings. The van der Waals surface area contributed by atoms with E-state index in [-0.39, 0.29) is 24.1 Å². The summed E-state index contributed by atoms with van der Waals surface area (Å²) >= 11 is 0. The minimum absolute atomic E-state index is 0.0138. The van der Waals surface area contributed by atoms with Gasteiger partial charge in [-0.1, -0.05) is 36.4 Å². The molecule has 0 bridgehead atoms. The SMILES string of the molecule is CC(C)NC(=O)Cn1c(-c2ccccc2)ccc(C(=O)NCCCc2ccccn2)c1=O. The summed E-state index contributed by atoms with van der Waals surface area (Å²) in [5.41, 5.74) is 1.85. The average molecular weight is 433 g/mol. The number of hydrogen-bond donors (Lipinski definition) is 2. The van der Waals surface area contributed by atoms with Crippen LogP contribution in [0, 0.1) is 0 Å². The molecule has 0 aliphatic heterocycles. The van der Waals surface area contributed by atoms with Crippen LogP contribution in [-0.4, -0.2) is 34.0 Å². The molecular weight excluding hydrogens is 404 g/mol. The molecule has 7 heteroatoms. The van der Waals surface area contributed by atoms with E-state index < -0.39 is 11.5 Å². The molecule has 32 heavy (non-hydrogen) atoms. The van der Waals surface area contributed by atoms with Crippen LogP contribution in [0.5, 0.6) is 0 Å². The number of hydrogen-bond acceptors (Lipinski definition) is 4. The highest BCUT2D eigenvalue weighted by Gasteiger charge is 2.18. The molecule has 0 fully saturated rings. The zero-order chi connectivity index (χ0) is 22.9. The number of benzene rings is 1. The van der Waals surface area contributed by atoms with E-state index in [1.807, 2.05) is 62.4 Å². The second-order valence-electron chi connectivity index (χ2n) is 7.79. The van der Waals surface area contributed by atoms with Crippen molar-refractivity contribution in [1.29, 1.82) is 0 Å². The quantitative estimate of drug-likeness (QED) is 0.509. The van der Waals surface area contributed by atoms with E-state index in [2.05, 4.69) is 15.6 Å². The normalized spacial score (nSPS) is 10.7. The Morgan fingerprint density at radius 3 is 2.44 bits per heavy atom. The summed E-state index contributed by atoms with van der Waals surface area (Å²) in [6.07, 6.45) is 3.17. The van der Waals surface area contributed by atoms with Gasteiger partial charge in [0.2, 0.25) is 5.91 Å². The van der Waals surface area contributed by atoms with E-state index in [9.17, 15) is 14.4 Å². The number of nitrogens with zero attached hydrogens (tertiary/aromatic N) is 2. The van der Waals surface area contributed by atoms with Crippen LogP contribution in [0.4, 0.5) is 0 Å². The number of amides is 2. The lowest BCUT2D eigenvalue weighted by molar-refractivity contribution is -0.122. The van der Waals surface area contributed by atoms with Gasteiger partial charge in [0, 0.05) is 24.5 Å². The van der Waals surface area contributed by atoms with Crippen LogP contribution >= 0.6 is 0 Å². The van der Waals surface area contributed by atoms with Gasteiger partial charge >= 0.3 is 0 Å². The Morgan fingerprint density at radius 1 is 1.00 bits per heavy atom. The second-order valence-corrected chi connectivity index (χ2v) is 7.79. The fourth-order valence-corrected chi connectivity index (χ4v) is 3.39. The Hall–Kier alpha value is -3.74. The summed E-state index contributed by atoms with van der Waals surface area (Å²) in [4.78, 5) is 42.6. The van der Waals surface area contributed by atoms with Gasteiger partial charge in [-0.3, -0.25) is 23.9 Å². The third-order valence-electron chi connectivity index (χ3n) is 4.86. The van der Waals surface area contributed by atoms with Gasteiger partial charge in [-0.05, 0) is 56.5 Å². The summed E-state index contributed by atoms with van der Waals surface area (Å²) in [7, 11) is 0. The lowest BCUT2D eigenvalue weighted by Crippen LogP contribution is -2.39. The summed E-state index contributed by atoms with van der Waals surface area (Å²) in [6, 6.07) is 18.2. The third kappa shape index (κ3) is 6.14. The summed E-state index contributed by atoms with van der Waals surface area (Å²) in [5.74, 6) is -0.735. The van der Waals surface area contributed by atoms with E-state index in [0.717, 1.165) is 17.7 Å². The smallest absolute Gasteiger partial charge is 0.264 e. The van der Waals surface area contributed by atoms with Crippen molar-refractivity contribution < 1.29 is 9.59 Å². The van der Waals surface area contributed by atoms with Crippen LogP contribution in [-0.2, 0) is 17.8 Å². The van der Waals surface area contributed by atoms with Gasteiger partial charge in [-0.25, -0.2) is 0 Å². The molecule has 0 spiro atoms. The van der Waals surface area contributed by atoms with Gasteiger partial charge in [0.1, 0.15) is 12.1 Å². The molecule has 2 N–H and O–H groups in total. The van der Waals surface area contributed by atoms with E-state index in [1.165, 1.54) is 10.6 Å². The van der Waals surface area contributed by atoms with Gasteiger partial charge < -0.3 is 10.6 Å². The minimum atomic E-state index is -0.493. The van der Waals surface area contributed by atoms with Crippen molar-refractivity contribution in [2.24, 2.45) is 0 Å². The molecule has 0 saturated carbocycles. The average Bonchev–Trinajstić information content (AvgIpc) is 2.78. The molecule has 166 valence electrons. The predicted octanol–water partition coefficient (Wildman–Crippen LogP) is 2.80. The molecule has 3 rings (SSSR count). The zero-order valence-electron chi connectivity index (χ0n) is 18.4. The third-order valence-corrected chi connectivity index (χ3v) is 4.86. The Balaban J connectivity index is 1.78. The van der Waals surface area contributed by atoms with Crippen LogP contribution in [0.25, 0.3) is 11.3 Å². The maximum atomic E-state index is 13.2. The molecule has 0 aliphatic rings. The first-order valence-corrected chi connectivity index (χ1v) is 10.7. The van der Waals surface area contributed by atoms with Gasteiger partial charge in [-0.2, -0.15) is 0 Å². The molecule has 2 heterocycles. The number of aryl methyl sites for hydroxylation is 1. The van der Waals surface area contributed by atoms with E-state index in [0.29, 0.717) is 18.7 Å². The summed E-state index contributed by atoms with van der Waals surface area (Å²) in [6.45, 7) is 3.96. The predicted molar refractivity (Wildman–Crippen MR) is 124 cm³/mol. The fourth-order valence-electron chi connectivity index (χ4n) is 3.39. The molecular formula is C25H28N4O3. The minimum Gasteiger partial charge on any atom is -0.352 e. The standard InChI is InChI=1S/C25H28N4O3/c1-18(2)28-23(30)17-29-22(19-9-4-3-5-10-19)14-13-21(25(29)32)24(31)27-16-8-12-20-11-6-7-15-26-20/h3-7,9-11,13-15,18H,8,12,16-17H2,1-2H3,(H,27,31)(H,28,30). The summed E-state index contributed by atoms with van der Waals surface area (Å²) < 4.78 is 1.36. The molecule has 0 atom stereocenters. The summed E-state index contributed by atoms with van der Waals surface area (Å²) in [5, 5.41) is 5.60. The van der Waals surface area contributed by atoms with E-state index >= 15 is 0 Å². The maximum absolute atomic E-state index is 13.2. The van der Waals surface area contributed by atoms with Crippen molar-refractivity contribution in [2.45, 2.75) is 39.3 Å². The molecule has 0 radical (unpaired) electrons. The van der Waals surface area contributed by atoms with Crippen LogP contribution in [0.15, 0.2) is 71.7 Å². The topological polar surface area (TPSA) is 93.1 Å². The van der Waals surface area contributed by atoms with Crippen LogP contribution in [0.3, 0.4) is 0 Å². The number of aromatic nitrogens is 2. The first kappa shape index (κ1) is 22.9. The Labute approximate surface area is 187 Å². The van der Waals surface area contributed by atoms with Crippen molar-refractivity contribution in [3.8, 4) is 11.3 Å². The second kappa shape index (κ2) is 11.0. The Morgan fingerprint density at radius 2 is 1.75 bits per heavy atom. The number of rotatable bonds is 9. The Bertz CT molecular complexity index is 1110. The largest absolute Gasteiger partial charge is 0.352 e. The van der Waals surface area contributed by atoms with Gasteiger partial charge in [0.05, 0.1) is 5.69 Å². The number of pyridine rings is 2. The lowest BCUT2D eigenvalue weighted by atomic mass is 10.1. The lowest BCUT2D eigenvalue weighted by Gasteiger charge is -2.16. The van der Waals surface area contributed by atoms with E-state index in [4.69, 9.17) is 0 Å². The van der Waals surface area contributed by atoms with Crippen molar-refractivity contribution in [3.05, 3.63) is 88.5 Å². The highest BCUT2D eigenvalue weighted by atomic mass is 16.2. The molecule has 0 aliphatic carbocycles. The van der Waals surface area contributed by atoms with Crippen LogP contribution in [0.2, 0.25) is 0 Å². The molecule has 0 unspecified atom stereocenters. The maximum Gasteiger partial charge on any atom is 0.264 e. The Kier molecular flexibility index (Phi) is 7.91. The van der Waals surface area contributed by atoms with Gasteiger partial charge in [0.25, 0.3) is 11.5 Å². The van der Waals surface area contributed by atoms with Gasteiger partial charge in [0.15, 0.2) is 0 Å². The first-order valence-electron chi connectivity index (χ1n) is 10.7. The van der Waals surface area contributed by atoms with Crippen LogP contribution < -0.4 is 16.2 Å². The van der Waals surface area contributed by atoms with Crippen molar-refractivity contribution in [3.63, 3.8) is 0 Å². The van der Waals surface area contributed by atoms with Crippen molar-refractivity contribution in [2.75, 3.05) is 6.54 Å². The molecule has 0 saturated heterocycles. The van der Waals surface area contributed by atoms with Crippen molar-refractivity contribution >= 4 is 11.8 Å². The molecule has 2 aromatic heterocycles. The number of carbonyl (C=O) groups is 2. The molecule has 2 amide bonds. The van der Waals surface area contributed by atoms with Gasteiger partial charge in [-0.15, -0.1) is 0 Å². The monoisotopic (exact) mass is 432 g/mol. The zero-order valence-corrected chi connectivity index (χ0v) is 18.4. The van der Waals surface area contributed by atoms with Crippen molar-refractivity contribution in [1.82, 2.24) is 20.2 Å². The number of carbonyl (C=O) groups excluding carboxylic acids is 2.